The molecule has 0 aliphatic carbocycles. The third-order valence-corrected chi connectivity index (χ3v) is 6.83. The molecule has 0 radical (unpaired) electrons. The van der Waals surface area contributed by atoms with E-state index >= 15 is 0 Å². The van der Waals surface area contributed by atoms with Crippen molar-refractivity contribution in [1.29, 1.82) is 0 Å². The summed E-state index contributed by atoms with van der Waals surface area (Å²) in [5.41, 5.74) is 2.90. The van der Waals surface area contributed by atoms with Crippen LogP contribution in [0.1, 0.15) is 30.3 Å². The topological polar surface area (TPSA) is 80.2 Å². The maximum atomic E-state index is 12.4. The van der Waals surface area contributed by atoms with Gasteiger partial charge >= 0.3 is 0 Å². The van der Waals surface area contributed by atoms with E-state index in [-0.39, 0.29) is 29.2 Å². The van der Waals surface area contributed by atoms with Crippen molar-refractivity contribution in [3.63, 3.8) is 0 Å². The summed E-state index contributed by atoms with van der Waals surface area (Å²) >= 11 is 1.31. The van der Waals surface area contributed by atoms with E-state index in [4.69, 9.17) is 0 Å². The molecule has 2 heterocycles. The Morgan fingerprint density at radius 2 is 1.87 bits per heavy atom. The van der Waals surface area contributed by atoms with Crippen molar-refractivity contribution < 1.29 is 13.2 Å². The van der Waals surface area contributed by atoms with E-state index in [0.717, 1.165) is 17.0 Å². The van der Waals surface area contributed by atoms with Crippen LogP contribution in [0.2, 0.25) is 0 Å². The second-order valence-electron chi connectivity index (χ2n) is 5.83. The molecule has 0 N–H and O–H groups in total. The van der Waals surface area contributed by atoms with Crippen LogP contribution < -0.4 is 0 Å². The molecule has 1 aromatic heterocycles. The Bertz CT molecular complexity index is 681. The molecule has 1 atom stereocenters. The average Bonchev–Trinajstić information content (AvgIpc) is 2.83. The molecule has 1 amide bonds. The smallest absolute Gasteiger partial charge is 0.233 e. The van der Waals surface area contributed by atoms with Gasteiger partial charge in [-0.05, 0) is 39.7 Å². The first-order valence-electron chi connectivity index (χ1n) is 7.68. The van der Waals surface area contributed by atoms with Crippen molar-refractivity contribution in [2.45, 2.75) is 45.3 Å². The van der Waals surface area contributed by atoms with Crippen LogP contribution in [0.4, 0.5) is 0 Å². The van der Waals surface area contributed by atoms with Crippen molar-refractivity contribution in [2.75, 3.05) is 23.8 Å². The summed E-state index contributed by atoms with van der Waals surface area (Å²) in [5.74, 6) is 0.427. The van der Waals surface area contributed by atoms with Gasteiger partial charge in [0.05, 0.1) is 17.3 Å². The summed E-state index contributed by atoms with van der Waals surface area (Å²) in [7, 11) is -2.99. The second kappa shape index (κ2) is 7.17. The SMILES string of the molecule is CCN(C(=O)CSc1nc(C)c(C)c(C)n1)[C@@H]1CCS(=O)(=O)C1. The number of aromatic nitrogens is 2. The number of nitrogens with zero attached hydrogens (tertiary/aromatic N) is 3. The third kappa shape index (κ3) is 4.44. The monoisotopic (exact) mass is 357 g/mol. The zero-order chi connectivity index (χ0) is 17.2. The van der Waals surface area contributed by atoms with Gasteiger partial charge in [-0.1, -0.05) is 11.8 Å². The summed E-state index contributed by atoms with van der Waals surface area (Å²) < 4.78 is 23.2. The number of aryl methyl sites for hydroxylation is 2. The van der Waals surface area contributed by atoms with Crippen molar-refractivity contribution in [2.24, 2.45) is 0 Å². The van der Waals surface area contributed by atoms with Crippen LogP contribution in [0.3, 0.4) is 0 Å². The molecule has 1 saturated heterocycles. The molecule has 1 fully saturated rings. The summed E-state index contributed by atoms with van der Waals surface area (Å²) in [6.45, 7) is 8.23. The van der Waals surface area contributed by atoms with Gasteiger partial charge in [-0.15, -0.1) is 0 Å². The molecule has 1 aliphatic rings. The molecule has 2 rings (SSSR count). The Morgan fingerprint density at radius 1 is 1.26 bits per heavy atom. The molecule has 0 saturated carbocycles. The maximum absolute atomic E-state index is 12.4. The maximum Gasteiger partial charge on any atom is 0.233 e. The predicted molar refractivity (Wildman–Crippen MR) is 91.4 cm³/mol. The Hall–Kier alpha value is -1.15. The lowest BCUT2D eigenvalue weighted by Crippen LogP contribution is -2.42. The number of thioether (sulfide) groups is 1. The first kappa shape index (κ1) is 18.2. The fraction of sp³-hybridized carbons (Fsp3) is 0.667. The summed E-state index contributed by atoms with van der Waals surface area (Å²) in [6.07, 6.45) is 0.534. The van der Waals surface area contributed by atoms with Crippen molar-refractivity contribution in [1.82, 2.24) is 14.9 Å². The summed E-state index contributed by atoms with van der Waals surface area (Å²) in [6, 6.07) is -0.194. The normalized spacial score (nSPS) is 19.7. The van der Waals surface area contributed by atoms with E-state index < -0.39 is 9.84 Å². The van der Waals surface area contributed by atoms with Crippen LogP contribution in [0.25, 0.3) is 0 Å². The molecule has 0 bridgehead atoms. The van der Waals surface area contributed by atoms with Gasteiger partial charge in [0.25, 0.3) is 0 Å². The first-order valence-corrected chi connectivity index (χ1v) is 10.5. The molecule has 1 aliphatic heterocycles. The van der Waals surface area contributed by atoms with Crippen molar-refractivity contribution in [3.05, 3.63) is 17.0 Å². The van der Waals surface area contributed by atoms with E-state index in [0.29, 0.717) is 18.1 Å². The van der Waals surface area contributed by atoms with Gasteiger partial charge in [0.2, 0.25) is 5.91 Å². The van der Waals surface area contributed by atoms with Crippen LogP contribution in [0.5, 0.6) is 0 Å². The van der Waals surface area contributed by atoms with Crippen molar-refractivity contribution >= 4 is 27.5 Å². The lowest BCUT2D eigenvalue weighted by Gasteiger charge is -2.26. The lowest BCUT2D eigenvalue weighted by atomic mass is 10.2. The summed E-state index contributed by atoms with van der Waals surface area (Å²) in [4.78, 5) is 22.9. The van der Waals surface area contributed by atoms with Gasteiger partial charge in [0.15, 0.2) is 15.0 Å². The van der Waals surface area contributed by atoms with Gasteiger partial charge in [-0.25, -0.2) is 18.4 Å². The van der Waals surface area contributed by atoms with Crippen molar-refractivity contribution in [3.8, 4) is 0 Å². The second-order valence-corrected chi connectivity index (χ2v) is 9.00. The third-order valence-electron chi connectivity index (χ3n) is 4.25. The number of hydrogen-bond donors (Lipinski definition) is 0. The number of sulfone groups is 1. The number of carbonyl (C=O) groups excluding carboxylic acids is 1. The highest BCUT2D eigenvalue weighted by Gasteiger charge is 2.33. The average molecular weight is 358 g/mol. The van der Waals surface area contributed by atoms with E-state index in [1.165, 1.54) is 11.8 Å². The first-order chi connectivity index (χ1) is 10.7. The molecule has 1 aromatic rings. The molecular weight excluding hydrogens is 334 g/mol. The largest absolute Gasteiger partial charge is 0.338 e. The van der Waals surface area contributed by atoms with Crippen LogP contribution in [-0.4, -0.2) is 59.0 Å². The van der Waals surface area contributed by atoms with Gasteiger partial charge < -0.3 is 4.90 Å². The fourth-order valence-corrected chi connectivity index (χ4v) is 5.23. The zero-order valence-corrected chi connectivity index (χ0v) is 15.6. The Kier molecular flexibility index (Phi) is 5.67. The molecule has 0 aromatic carbocycles. The number of hydrogen-bond acceptors (Lipinski definition) is 6. The van der Waals surface area contributed by atoms with E-state index in [1.807, 2.05) is 27.7 Å². The molecule has 6 nitrogen and oxygen atoms in total. The Morgan fingerprint density at radius 3 is 2.35 bits per heavy atom. The highest BCUT2D eigenvalue weighted by atomic mass is 32.2. The molecule has 0 spiro atoms. The Labute approximate surface area is 142 Å². The molecule has 128 valence electrons. The highest BCUT2D eigenvalue weighted by molar-refractivity contribution is 7.99. The van der Waals surface area contributed by atoms with Crippen LogP contribution in [0.15, 0.2) is 5.16 Å². The van der Waals surface area contributed by atoms with Crippen LogP contribution in [0, 0.1) is 20.8 Å². The quantitative estimate of drug-likeness (QED) is 0.587. The summed E-state index contributed by atoms with van der Waals surface area (Å²) in [5, 5.41) is 0.592. The predicted octanol–water partition coefficient (Wildman–Crippen LogP) is 1.53. The van der Waals surface area contributed by atoms with Gasteiger partial charge in [0.1, 0.15) is 0 Å². The highest BCUT2D eigenvalue weighted by Crippen LogP contribution is 2.21. The molecule has 0 unspecified atom stereocenters. The minimum atomic E-state index is -2.99. The van der Waals surface area contributed by atoms with Crippen LogP contribution in [-0.2, 0) is 14.6 Å². The number of carbonyl (C=O) groups is 1. The minimum absolute atomic E-state index is 0.0564. The molecule has 23 heavy (non-hydrogen) atoms. The fourth-order valence-electron chi connectivity index (χ4n) is 2.67. The van der Waals surface area contributed by atoms with Crippen LogP contribution >= 0.6 is 11.8 Å². The lowest BCUT2D eigenvalue weighted by molar-refractivity contribution is -0.129. The zero-order valence-electron chi connectivity index (χ0n) is 14.0. The molecular formula is C15H23N3O3S2. The van der Waals surface area contributed by atoms with Gasteiger partial charge in [-0.3, -0.25) is 4.79 Å². The van der Waals surface area contributed by atoms with E-state index in [1.54, 1.807) is 4.90 Å². The van der Waals surface area contributed by atoms with E-state index in [9.17, 15) is 13.2 Å². The van der Waals surface area contributed by atoms with Gasteiger partial charge in [0, 0.05) is 24.0 Å². The Balaban J connectivity index is 2.01. The number of rotatable bonds is 5. The van der Waals surface area contributed by atoms with E-state index in [2.05, 4.69) is 9.97 Å². The molecule has 8 heteroatoms. The van der Waals surface area contributed by atoms with Gasteiger partial charge in [-0.2, -0.15) is 0 Å². The standard InChI is InChI=1S/C15H23N3O3S2/c1-5-18(13-6-7-23(20,21)9-13)14(19)8-22-15-16-11(3)10(2)12(4)17-15/h13H,5-9H2,1-4H3/t13-/m1/s1. The number of amides is 1. The minimum Gasteiger partial charge on any atom is -0.338 e.